The van der Waals surface area contributed by atoms with Gasteiger partial charge < -0.3 is 19.5 Å². The summed E-state index contributed by atoms with van der Waals surface area (Å²) < 4.78 is 17.3. The molecule has 0 bridgehead atoms. The number of fused-ring (bicyclic) bond motifs is 3. The number of benzene rings is 3. The lowest BCUT2D eigenvalue weighted by atomic mass is 9.87. The quantitative estimate of drug-likeness (QED) is 0.715. The Morgan fingerprint density at radius 3 is 2.17 bits per heavy atom. The molecule has 1 atom stereocenters. The maximum absolute atomic E-state index is 13.4. The predicted molar refractivity (Wildman–Crippen MR) is 109 cm³/mol. The van der Waals surface area contributed by atoms with Crippen molar-refractivity contribution in [3.05, 3.63) is 83.4 Å². The van der Waals surface area contributed by atoms with Crippen molar-refractivity contribution >= 4 is 5.91 Å². The maximum Gasteiger partial charge on any atom is 0.232 e. The smallest absolute Gasteiger partial charge is 0.232 e. The normalized spacial score (nSPS) is 15.5. The molecule has 1 amide bonds. The van der Waals surface area contributed by atoms with E-state index < -0.39 is 5.92 Å². The highest BCUT2D eigenvalue weighted by Crippen LogP contribution is 2.44. The van der Waals surface area contributed by atoms with Gasteiger partial charge >= 0.3 is 0 Å². The highest BCUT2D eigenvalue weighted by atomic mass is 16.6. The van der Waals surface area contributed by atoms with Gasteiger partial charge in [-0.05, 0) is 36.8 Å². The zero-order chi connectivity index (χ0) is 19.8. The number of hydrogen-bond acceptors (Lipinski definition) is 4. The van der Waals surface area contributed by atoms with Gasteiger partial charge in [0.05, 0.1) is 12.0 Å². The van der Waals surface area contributed by atoms with Crippen molar-refractivity contribution < 1.29 is 19.0 Å². The van der Waals surface area contributed by atoms with E-state index in [9.17, 15) is 4.79 Å². The zero-order valence-corrected chi connectivity index (χ0v) is 16.1. The first-order chi connectivity index (χ1) is 14.2. The number of nitrogens with one attached hydrogen (secondary N) is 1. The highest BCUT2D eigenvalue weighted by molar-refractivity contribution is 5.90. The Bertz CT molecular complexity index is 1030. The van der Waals surface area contributed by atoms with Crippen LogP contribution in [0.25, 0.3) is 0 Å². The first-order valence-corrected chi connectivity index (χ1v) is 9.76. The van der Waals surface area contributed by atoms with Crippen LogP contribution >= 0.6 is 0 Å². The molecule has 2 aliphatic heterocycles. The van der Waals surface area contributed by atoms with Crippen LogP contribution in [0.1, 0.15) is 35.6 Å². The van der Waals surface area contributed by atoms with Crippen molar-refractivity contribution in [3.63, 3.8) is 0 Å². The molecule has 3 aromatic rings. The molecule has 1 N–H and O–H groups in total. The molecule has 5 nitrogen and oxygen atoms in total. The van der Waals surface area contributed by atoms with Gasteiger partial charge in [-0.1, -0.05) is 42.5 Å². The summed E-state index contributed by atoms with van der Waals surface area (Å²) in [6, 6.07) is 21.0. The van der Waals surface area contributed by atoms with Gasteiger partial charge in [0, 0.05) is 11.1 Å². The molecule has 0 fully saturated rings. The summed E-state index contributed by atoms with van der Waals surface area (Å²) >= 11 is 0. The molecule has 0 saturated heterocycles. The van der Waals surface area contributed by atoms with Crippen LogP contribution in [-0.2, 0) is 4.79 Å². The Labute approximate surface area is 169 Å². The van der Waals surface area contributed by atoms with Crippen LogP contribution in [0.15, 0.2) is 66.7 Å². The molecule has 2 aliphatic rings. The van der Waals surface area contributed by atoms with Gasteiger partial charge in [0.2, 0.25) is 5.91 Å². The highest BCUT2D eigenvalue weighted by Gasteiger charge is 2.33. The van der Waals surface area contributed by atoms with Gasteiger partial charge in [-0.15, -0.1) is 0 Å². The van der Waals surface area contributed by atoms with Crippen LogP contribution in [0.3, 0.4) is 0 Å². The van der Waals surface area contributed by atoms with E-state index in [1.165, 1.54) is 0 Å². The van der Waals surface area contributed by atoms with Crippen LogP contribution in [0.4, 0.5) is 0 Å². The molecule has 5 heteroatoms. The van der Waals surface area contributed by atoms with Gasteiger partial charge in [-0.25, -0.2) is 0 Å². The van der Waals surface area contributed by atoms with Gasteiger partial charge in [0.1, 0.15) is 24.7 Å². The molecule has 3 aromatic carbocycles. The molecule has 0 aromatic heterocycles. The van der Waals surface area contributed by atoms with E-state index in [1.54, 1.807) is 0 Å². The maximum atomic E-state index is 13.4. The molecule has 0 saturated carbocycles. The molecular weight excluding hydrogens is 366 g/mol. The lowest BCUT2D eigenvalue weighted by molar-refractivity contribution is -0.122. The Morgan fingerprint density at radius 1 is 0.862 bits per heavy atom. The summed E-state index contributed by atoms with van der Waals surface area (Å²) in [5.41, 5.74) is 2.72. The van der Waals surface area contributed by atoms with Crippen LogP contribution in [0.2, 0.25) is 0 Å². The molecule has 29 heavy (non-hydrogen) atoms. The standard InChI is InChI=1S/C24H21NO4/c1-15(16-10-11-21-22(14-16)28-13-12-27-21)25-24(26)23-17-6-2-4-8-19(17)29-20-9-5-3-7-18(20)23/h2-11,14-15,23H,12-13H2,1H3,(H,25,26). The number of carbonyl (C=O) groups is 1. The molecule has 0 aliphatic carbocycles. The van der Waals surface area contributed by atoms with E-state index in [4.69, 9.17) is 14.2 Å². The third-order valence-electron chi connectivity index (χ3n) is 5.37. The molecule has 0 radical (unpaired) electrons. The Balaban J connectivity index is 1.44. The third kappa shape index (κ3) is 3.18. The number of para-hydroxylation sites is 2. The van der Waals surface area contributed by atoms with Crippen LogP contribution in [0, 0.1) is 0 Å². The predicted octanol–water partition coefficient (Wildman–Crippen LogP) is 4.57. The lowest BCUT2D eigenvalue weighted by Gasteiger charge is -2.28. The first kappa shape index (κ1) is 17.6. The number of hydrogen-bond donors (Lipinski definition) is 1. The second kappa shape index (κ2) is 7.17. The fourth-order valence-electron chi connectivity index (χ4n) is 3.90. The van der Waals surface area contributed by atoms with Crippen LogP contribution in [0.5, 0.6) is 23.0 Å². The number of carbonyl (C=O) groups excluding carboxylic acids is 1. The van der Waals surface area contributed by atoms with Crippen molar-refractivity contribution in [2.45, 2.75) is 18.9 Å². The van der Waals surface area contributed by atoms with Gasteiger partial charge in [0.25, 0.3) is 0 Å². The summed E-state index contributed by atoms with van der Waals surface area (Å²) in [6.45, 7) is 3.06. The summed E-state index contributed by atoms with van der Waals surface area (Å²) in [6.07, 6.45) is 0. The van der Waals surface area contributed by atoms with Crippen LogP contribution < -0.4 is 19.5 Å². The van der Waals surface area contributed by atoms with E-state index in [0.29, 0.717) is 13.2 Å². The minimum atomic E-state index is -0.421. The fraction of sp³-hybridized carbons (Fsp3) is 0.208. The summed E-state index contributed by atoms with van der Waals surface area (Å²) in [7, 11) is 0. The van der Waals surface area contributed by atoms with Crippen molar-refractivity contribution in [1.29, 1.82) is 0 Å². The summed E-state index contributed by atoms with van der Waals surface area (Å²) in [4.78, 5) is 13.4. The monoisotopic (exact) mass is 387 g/mol. The third-order valence-corrected chi connectivity index (χ3v) is 5.37. The largest absolute Gasteiger partial charge is 0.486 e. The van der Waals surface area contributed by atoms with E-state index in [2.05, 4.69) is 5.32 Å². The number of amides is 1. The zero-order valence-electron chi connectivity index (χ0n) is 16.1. The Hall–Kier alpha value is -3.47. The van der Waals surface area contributed by atoms with Crippen molar-refractivity contribution in [3.8, 4) is 23.0 Å². The number of rotatable bonds is 3. The molecule has 146 valence electrons. The van der Waals surface area contributed by atoms with E-state index in [1.807, 2.05) is 73.7 Å². The van der Waals surface area contributed by atoms with Crippen LogP contribution in [-0.4, -0.2) is 19.1 Å². The first-order valence-electron chi connectivity index (χ1n) is 9.76. The molecule has 2 heterocycles. The van der Waals surface area contributed by atoms with Crippen molar-refractivity contribution in [2.24, 2.45) is 0 Å². The molecular formula is C24H21NO4. The van der Waals surface area contributed by atoms with E-state index >= 15 is 0 Å². The minimum Gasteiger partial charge on any atom is -0.486 e. The molecule has 5 rings (SSSR count). The lowest BCUT2D eigenvalue weighted by Crippen LogP contribution is -2.33. The fourth-order valence-corrected chi connectivity index (χ4v) is 3.90. The Morgan fingerprint density at radius 2 is 1.48 bits per heavy atom. The summed E-state index contributed by atoms with van der Waals surface area (Å²) in [5, 5.41) is 3.16. The van der Waals surface area contributed by atoms with Gasteiger partial charge in [-0.3, -0.25) is 4.79 Å². The second-order valence-corrected chi connectivity index (χ2v) is 7.24. The van der Waals surface area contributed by atoms with Gasteiger partial charge in [0.15, 0.2) is 11.5 Å². The minimum absolute atomic E-state index is 0.0596. The Kier molecular flexibility index (Phi) is 4.35. The average Bonchev–Trinajstić information content (AvgIpc) is 2.76. The topological polar surface area (TPSA) is 56.8 Å². The van der Waals surface area contributed by atoms with Gasteiger partial charge in [-0.2, -0.15) is 0 Å². The van der Waals surface area contributed by atoms with Crippen molar-refractivity contribution in [2.75, 3.05) is 13.2 Å². The average molecular weight is 387 g/mol. The number of ether oxygens (including phenoxy) is 3. The SMILES string of the molecule is CC(NC(=O)C1c2ccccc2Oc2ccccc21)c1ccc2c(c1)OCCO2. The summed E-state index contributed by atoms with van der Waals surface area (Å²) in [5.74, 6) is 2.42. The second-order valence-electron chi connectivity index (χ2n) is 7.24. The molecule has 1 unspecified atom stereocenters. The molecule has 0 spiro atoms. The van der Waals surface area contributed by atoms with E-state index in [-0.39, 0.29) is 11.9 Å². The van der Waals surface area contributed by atoms with Crippen molar-refractivity contribution in [1.82, 2.24) is 5.32 Å². The van der Waals surface area contributed by atoms with E-state index in [0.717, 1.165) is 39.7 Å².